The fourth-order valence-corrected chi connectivity index (χ4v) is 3.95. The summed E-state index contributed by atoms with van der Waals surface area (Å²) in [4.78, 5) is 15.9. The molecular weight excluding hydrogens is 376 g/mol. The van der Waals surface area contributed by atoms with Gasteiger partial charge in [0.05, 0.1) is 18.9 Å². The molecule has 0 unspecified atom stereocenters. The number of fused-ring (bicyclic) bond motifs is 1. The molecule has 1 fully saturated rings. The summed E-state index contributed by atoms with van der Waals surface area (Å²) in [7, 11) is 0. The minimum Gasteiger partial charge on any atom is -0.378 e. The molecule has 0 aliphatic carbocycles. The maximum atomic E-state index is 5.48. The normalized spacial score (nSPS) is 14.2. The highest BCUT2D eigenvalue weighted by molar-refractivity contribution is 5.70. The first kappa shape index (κ1) is 18.6. The maximum Gasteiger partial charge on any atom is 0.182 e. The summed E-state index contributed by atoms with van der Waals surface area (Å²) >= 11 is 0. The predicted molar refractivity (Wildman–Crippen MR) is 118 cm³/mol. The molecule has 1 saturated heterocycles. The van der Waals surface area contributed by atoms with Gasteiger partial charge in [-0.25, -0.2) is 9.97 Å². The summed E-state index contributed by atoms with van der Waals surface area (Å²) in [5.41, 5.74) is 5.34. The van der Waals surface area contributed by atoms with Crippen molar-refractivity contribution in [1.29, 1.82) is 0 Å². The lowest BCUT2D eigenvalue weighted by molar-refractivity contribution is 0.122. The van der Waals surface area contributed by atoms with E-state index in [0.29, 0.717) is 6.54 Å². The number of rotatable bonds is 5. The first-order chi connectivity index (χ1) is 14.8. The van der Waals surface area contributed by atoms with Crippen molar-refractivity contribution in [3.63, 3.8) is 0 Å². The van der Waals surface area contributed by atoms with Crippen molar-refractivity contribution in [1.82, 2.24) is 19.4 Å². The Balaban J connectivity index is 1.45. The van der Waals surface area contributed by atoms with Gasteiger partial charge in [-0.3, -0.25) is 9.38 Å². The number of morpholine rings is 1. The van der Waals surface area contributed by atoms with Crippen LogP contribution in [0.2, 0.25) is 0 Å². The molecule has 0 atom stereocenters. The van der Waals surface area contributed by atoms with Crippen LogP contribution in [0.4, 0.5) is 11.6 Å². The first-order valence-electron chi connectivity index (χ1n) is 10.2. The average Bonchev–Trinajstić information content (AvgIpc) is 3.14. The standard InChI is InChI=1S/C23H24N6O/c1-17-21(26-16-19-5-2-3-7-20(19)18-6-4-8-24-15-18)29-10-9-25-22(23(29)27-17)28-11-13-30-14-12-28/h2-10,15,26H,11-14,16H2,1H3. The van der Waals surface area contributed by atoms with Crippen LogP contribution in [0, 0.1) is 6.92 Å². The largest absolute Gasteiger partial charge is 0.378 e. The molecule has 1 aliphatic heterocycles. The van der Waals surface area contributed by atoms with E-state index in [-0.39, 0.29) is 0 Å². The van der Waals surface area contributed by atoms with Gasteiger partial charge < -0.3 is 15.0 Å². The Hall–Kier alpha value is -3.45. The topological polar surface area (TPSA) is 67.6 Å². The molecule has 3 aromatic heterocycles. The molecule has 4 heterocycles. The van der Waals surface area contributed by atoms with Gasteiger partial charge in [-0.1, -0.05) is 30.3 Å². The first-order valence-corrected chi connectivity index (χ1v) is 10.2. The monoisotopic (exact) mass is 400 g/mol. The molecule has 7 nitrogen and oxygen atoms in total. The lowest BCUT2D eigenvalue weighted by Crippen LogP contribution is -2.37. The van der Waals surface area contributed by atoms with Crippen LogP contribution in [0.5, 0.6) is 0 Å². The lowest BCUT2D eigenvalue weighted by atomic mass is 10.0. The average molecular weight is 400 g/mol. The molecule has 7 heteroatoms. The van der Waals surface area contributed by atoms with Crippen LogP contribution >= 0.6 is 0 Å². The van der Waals surface area contributed by atoms with Gasteiger partial charge in [0.1, 0.15) is 5.82 Å². The number of nitrogens with zero attached hydrogens (tertiary/aromatic N) is 5. The van der Waals surface area contributed by atoms with Crippen molar-refractivity contribution in [3.8, 4) is 11.1 Å². The van der Waals surface area contributed by atoms with Crippen molar-refractivity contribution in [2.75, 3.05) is 36.5 Å². The summed E-state index contributed by atoms with van der Waals surface area (Å²) in [6.07, 6.45) is 7.51. The predicted octanol–water partition coefficient (Wildman–Crippen LogP) is 3.55. The zero-order valence-corrected chi connectivity index (χ0v) is 17.0. The van der Waals surface area contributed by atoms with E-state index < -0.39 is 0 Å². The molecule has 1 aliphatic rings. The zero-order chi connectivity index (χ0) is 20.3. The molecule has 152 valence electrons. The SMILES string of the molecule is Cc1nc2c(N3CCOCC3)nccn2c1NCc1ccccc1-c1cccnc1. The molecule has 30 heavy (non-hydrogen) atoms. The fourth-order valence-electron chi connectivity index (χ4n) is 3.95. The number of ether oxygens (including phenoxy) is 1. The Labute approximate surface area is 175 Å². The van der Waals surface area contributed by atoms with Crippen LogP contribution < -0.4 is 10.2 Å². The third-order valence-corrected chi connectivity index (χ3v) is 5.44. The number of pyridine rings is 1. The highest BCUT2D eigenvalue weighted by Gasteiger charge is 2.19. The Morgan fingerprint density at radius 2 is 1.93 bits per heavy atom. The van der Waals surface area contributed by atoms with Gasteiger partial charge in [0.25, 0.3) is 0 Å². The Kier molecular flexibility index (Phi) is 5.03. The molecule has 1 aromatic carbocycles. The highest BCUT2D eigenvalue weighted by atomic mass is 16.5. The summed E-state index contributed by atoms with van der Waals surface area (Å²) in [5, 5.41) is 3.60. The van der Waals surface area contributed by atoms with E-state index in [1.165, 1.54) is 11.1 Å². The molecule has 1 N–H and O–H groups in total. The second kappa shape index (κ2) is 8.12. The van der Waals surface area contributed by atoms with Crippen LogP contribution in [0.1, 0.15) is 11.3 Å². The molecule has 0 bridgehead atoms. The van der Waals surface area contributed by atoms with Crippen molar-refractivity contribution in [2.45, 2.75) is 13.5 Å². The van der Waals surface area contributed by atoms with E-state index >= 15 is 0 Å². The van der Waals surface area contributed by atoms with Gasteiger partial charge in [0, 0.05) is 50.0 Å². The Morgan fingerprint density at radius 1 is 1.07 bits per heavy atom. The fraction of sp³-hybridized carbons (Fsp3) is 0.261. The number of hydrogen-bond donors (Lipinski definition) is 1. The van der Waals surface area contributed by atoms with Gasteiger partial charge in [0.15, 0.2) is 11.5 Å². The molecular formula is C23H24N6O. The highest BCUT2D eigenvalue weighted by Crippen LogP contribution is 2.27. The van der Waals surface area contributed by atoms with Crippen molar-refractivity contribution < 1.29 is 4.74 Å². The van der Waals surface area contributed by atoms with Gasteiger partial charge >= 0.3 is 0 Å². The van der Waals surface area contributed by atoms with Crippen molar-refractivity contribution in [3.05, 3.63) is 72.4 Å². The van der Waals surface area contributed by atoms with Crippen LogP contribution in [-0.4, -0.2) is 45.7 Å². The summed E-state index contributed by atoms with van der Waals surface area (Å²) < 4.78 is 7.58. The van der Waals surface area contributed by atoms with E-state index in [2.05, 4.69) is 54.9 Å². The molecule has 0 radical (unpaired) electrons. The quantitative estimate of drug-likeness (QED) is 0.553. The van der Waals surface area contributed by atoms with Gasteiger partial charge in [0.2, 0.25) is 0 Å². The Morgan fingerprint density at radius 3 is 2.77 bits per heavy atom. The van der Waals surface area contributed by atoms with E-state index in [0.717, 1.165) is 54.8 Å². The number of aromatic nitrogens is 4. The second-order valence-electron chi connectivity index (χ2n) is 7.34. The van der Waals surface area contributed by atoms with Gasteiger partial charge in [-0.05, 0) is 24.1 Å². The molecule has 0 saturated carbocycles. The number of hydrogen-bond acceptors (Lipinski definition) is 6. The zero-order valence-electron chi connectivity index (χ0n) is 17.0. The third-order valence-electron chi connectivity index (χ3n) is 5.44. The Bertz CT molecular complexity index is 1150. The van der Waals surface area contributed by atoms with Crippen molar-refractivity contribution in [2.24, 2.45) is 0 Å². The molecule has 0 amide bonds. The molecule has 4 aromatic rings. The molecule has 0 spiro atoms. The van der Waals surface area contributed by atoms with Gasteiger partial charge in [-0.2, -0.15) is 0 Å². The maximum absolute atomic E-state index is 5.48. The van der Waals surface area contributed by atoms with E-state index in [1.807, 2.05) is 31.6 Å². The summed E-state index contributed by atoms with van der Waals surface area (Å²) in [6, 6.07) is 12.5. The second-order valence-corrected chi connectivity index (χ2v) is 7.34. The van der Waals surface area contributed by atoms with Crippen LogP contribution in [-0.2, 0) is 11.3 Å². The van der Waals surface area contributed by atoms with Crippen molar-refractivity contribution >= 4 is 17.3 Å². The number of imidazole rings is 1. The summed E-state index contributed by atoms with van der Waals surface area (Å²) in [6.45, 7) is 5.83. The number of nitrogens with one attached hydrogen (secondary N) is 1. The minimum absolute atomic E-state index is 0.689. The van der Waals surface area contributed by atoms with Crippen LogP contribution in [0.25, 0.3) is 16.8 Å². The van der Waals surface area contributed by atoms with E-state index in [4.69, 9.17) is 9.72 Å². The van der Waals surface area contributed by atoms with Gasteiger partial charge in [-0.15, -0.1) is 0 Å². The molecule has 5 rings (SSSR count). The minimum atomic E-state index is 0.689. The number of anilines is 2. The van der Waals surface area contributed by atoms with E-state index in [1.54, 1.807) is 6.20 Å². The van der Waals surface area contributed by atoms with E-state index in [9.17, 15) is 0 Å². The summed E-state index contributed by atoms with van der Waals surface area (Å²) in [5.74, 6) is 1.90. The van der Waals surface area contributed by atoms with Crippen LogP contribution in [0.3, 0.4) is 0 Å². The lowest BCUT2D eigenvalue weighted by Gasteiger charge is -2.27. The number of aryl methyl sites for hydroxylation is 1. The third kappa shape index (κ3) is 3.48. The van der Waals surface area contributed by atoms with Crippen LogP contribution in [0.15, 0.2) is 61.2 Å². The number of benzene rings is 1. The smallest absolute Gasteiger partial charge is 0.182 e.